The molecule has 1 unspecified atom stereocenters. The van der Waals surface area contributed by atoms with Gasteiger partial charge >= 0.3 is 0 Å². The molecule has 0 spiro atoms. The van der Waals surface area contributed by atoms with Crippen molar-refractivity contribution in [2.45, 2.75) is 25.2 Å². The Hall–Kier alpha value is -2.16. The summed E-state index contributed by atoms with van der Waals surface area (Å²) in [5, 5.41) is 2.97. The molecule has 0 heterocycles. The standard InChI is InChI=1S/C19H20FNO/c20-18-9-5-4-8-16(18)17(15-6-2-1-3-7-15)12-19(22)21-13-14-10-11-14/h1-9,14,17H,10-13H2,(H,21,22). The topological polar surface area (TPSA) is 29.1 Å². The number of hydrogen-bond donors (Lipinski definition) is 1. The summed E-state index contributed by atoms with van der Waals surface area (Å²) in [6.07, 6.45) is 2.68. The van der Waals surface area contributed by atoms with Gasteiger partial charge in [-0.2, -0.15) is 0 Å². The minimum Gasteiger partial charge on any atom is -0.356 e. The predicted molar refractivity (Wildman–Crippen MR) is 85.0 cm³/mol. The van der Waals surface area contributed by atoms with E-state index >= 15 is 0 Å². The molecule has 2 aromatic rings. The normalized spacial score (nSPS) is 15.3. The molecule has 1 aliphatic rings. The van der Waals surface area contributed by atoms with E-state index in [1.54, 1.807) is 12.1 Å². The van der Waals surface area contributed by atoms with Gasteiger partial charge in [0, 0.05) is 18.9 Å². The molecule has 1 saturated carbocycles. The monoisotopic (exact) mass is 297 g/mol. The number of carbonyl (C=O) groups excluding carboxylic acids is 1. The summed E-state index contributed by atoms with van der Waals surface area (Å²) in [4.78, 5) is 12.2. The summed E-state index contributed by atoms with van der Waals surface area (Å²) in [6.45, 7) is 0.748. The van der Waals surface area contributed by atoms with E-state index in [0.29, 0.717) is 11.5 Å². The minimum absolute atomic E-state index is 0.0102. The number of amides is 1. The van der Waals surface area contributed by atoms with E-state index in [0.717, 1.165) is 12.1 Å². The molecule has 2 aromatic carbocycles. The van der Waals surface area contributed by atoms with Gasteiger partial charge in [-0.25, -0.2) is 4.39 Å². The van der Waals surface area contributed by atoms with Crippen molar-refractivity contribution in [3.63, 3.8) is 0 Å². The SMILES string of the molecule is O=C(CC(c1ccccc1)c1ccccc1F)NCC1CC1. The van der Waals surface area contributed by atoms with Gasteiger partial charge in [-0.05, 0) is 36.0 Å². The Morgan fingerprint density at radius 1 is 1.09 bits per heavy atom. The predicted octanol–water partition coefficient (Wildman–Crippen LogP) is 3.87. The molecule has 1 fully saturated rings. The summed E-state index contributed by atoms with van der Waals surface area (Å²) in [5.41, 5.74) is 1.55. The van der Waals surface area contributed by atoms with E-state index in [-0.39, 0.29) is 24.1 Å². The molecule has 3 heteroatoms. The van der Waals surface area contributed by atoms with Gasteiger partial charge in [-0.3, -0.25) is 4.79 Å². The Balaban J connectivity index is 1.80. The molecule has 2 nitrogen and oxygen atoms in total. The molecule has 0 saturated heterocycles. The van der Waals surface area contributed by atoms with Crippen molar-refractivity contribution in [1.29, 1.82) is 0 Å². The van der Waals surface area contributed by atoms with E-state index in [9.17, 15) is 9.18 Å². The van der Waals surface area contributed by atoms with E-state index in [2.05, 4.69) is 5.32 Å². The van der Waals surface area contributed by atoms with Crippen LogP contribution in [-0.4, -0.2) is 12.5 Å². The molecule has 0 aliphatic heterocycles. The third kappa shape index (κ3) is 3.73. The molecule has 114 valence electrons. The quantitative estimate of drug-likeness (QED) is 0.861. The van der Waals surface area contributed by atoms with Crippen molar-refractivity contribution in [3.8, 4) is 0 Å². The van der Waals surface area contributed by atoms with Gasteiger partial charge in [0.25, 0.3) is 0 Å². The maximum atomic E-state index is 14.2. The van der Waals surface area contributed by atoms with Crippen molar-refractivity contribution in [2.24, 2.45) is 5.92 Å². The van der Waals surface area contributed by atoms with Crippen LogP contribution in [0.5, 0.6) is 0 Å². The maximum absolute atomic E-state index is 14.2. The lowest BCUT2D eigenvalue weighted by molar-refractivity contribution is -0.121. The Bertz CT molecular complexity index is 637. The first-order valence-electron chi connectivity index (χ1n) is 7.80. The lowest BCUT2D eigenvalue weighted by Gasteiger charge is -2.18. The summed E-state index contributed by atoms with van der Waals surface area (Å²) in [5.74, 6) is 0.129. The van der Waals surface area contributed by atoms with Gasteiger partial charge in [0.05, 0.1) is 0 Å². The number of rotatable bonds is 6. The molecule has 1 atom stereocenters. The van der Waals surface area contributed by atoms with E-state index in [1.807, 2.05) is 36.4 Å². The van der Waals surface area contributed by atoms with Gasteiger partial charge in [-0.1, -0.05) is 48.5 Å². The molecule has 1 amide bonds. The fourth-order valence-electron chi connectivity index (χ4n) is 2.69. The highest BCUT2D eigenvalue weighted by atomic mass is 19.1. The van der Waals surface area contributed by atoms with Crippen LogP contribution in [0.25, 0.3) is 0 Å². The van der Waals surface area contributed by atoms with E-state index < -0.39 is 0 Å². The molecule has 3 rings (SSSR count). The lowest BCUT2D eigenvalue weighted by atomic mass is 9.88. The van der Waals surface area contributed by atoms with Crippen LogP contribution in [0.4, 0.5) is 4.39 Å². The molecule has 0 radical (unpaired) electrons. The number of hydrogen-bond acceptors (Lipinski definition) is 1. The van der Waals surface area contributed by atoms with Crippen LogP contribution in [0.3, 0.4) is 0 Å². The van der Waals surface area contributed by atoms with Crippen molar-refractivity contribution < 1.29 is 9.18 Å². The molecule has 0 aromatic heterocycles. The molecule has 0 bridgehead atoms. The summed E-state index contributed by atoms with van der Waals surface area (Å²) in [6, 6.07) is 16.4. The van der Waals surface area contributed by atoms with Crippen LogP contribution in [0.15, 0.2) is 54.6 Å². The number of halogens is 1. The molecule has 22 heavy (non-hydrogen) atoms. The van der Waals surface area contributed by atoms with Gasteiger partial charge in [-0.15, -0.1) is 0 Å². The molecule has 1 aliphatic carbocycles. The van der Waals surface area contributed by atoms with E-state index in [4.69, 9.17) is 0 Å². The number of carbonyl (C=O) groups is 1. The van der Waals surface area contributed by atoms with Crippen LogP contribution >= 0.6 is 0 Å². The largest absolute Gasteiger partial charge is 0.356 e. The minimum atomic E-state index is -0.258. The number of benzene rings is 2. The van der Waals surface area contributed by atoms with Crippen LogP contribution in [0.2, 0.25) is 0 Å². The summed E-state index contributed by atoms with van der Waals surface area (Å²) < 4.78 is 14.2. The van der Waals surface area contributed by atoms with Crippen LogP contribution in [0.1, 0.15) is 36.3 Å². The third-order valence-corrected chi connectivity index (χ3v) is 4.16. The van der Waals surface area contributed by atoms with Crippen molar-refractivity contribution in [1.82, 2.24) is 5.32 Å². The van der Waals surface area contributed by atoms with E-state index in [1.165, 1.54) is 18.9 Å². The Labute approximate surface area is 130 Å². The molecular formula is C19H20FNO. The highest BCUT2D eigenvalue weighted by Crippen LogP contribution is 2.30. The zero-order valence-corrected chi connectivity index (χ0v) is 12.5. The fourth-order valence-corrected chi connectivity index (χ4v) is 2.69. The van der Waals surface area contributed by atoms with Crippen molar-refractivity contribution in [3.05, 3.63) is 71.5 Å². The second-order valence-electron chi connectivity index (χ2n) is 5.94. The van der Waals surface area contributed by atoms with Crippen LogP contribution in [0, 0.1) is 11.7 Å². The first-order chi connectivity index (χ1) is 10.7. The fraction of sp³-hybridized carbons (Fsp3) is 0.316. The number of nitrogens with one attached hydrogen (secondary N) is 1. The Morgan fingerprint density at radius 3 is 2.45 bits per heavy atom. The first kappa shape index (κ1) is 14.8. The maximum Gasteiger partial charge on any atom is 0.220 e. The van der Waals surface area contributed by atoms with Crippen LogP contribution < -0.4 is 5.32 Å². The zero-order chi connectivity index (χ0) is 15.4. The third-order valence-electron chi connectivity index (χ3n) is 4.16. The summed E-state index contributed by atoms with van der Waals surface area (Å²) in [7, 11) is 0. The first-order valence-corrected chi connectivity index (χ1v) is 7.80. The average Bonchev–Trinajstić information content (AvgIpc) is 3.37. The Morgan fingerprint density at radius 2 is 1.77 bits per heavy atom. The molecular weight excluding hydrogens is 277 g/mol. The average molecular weight is 297 g/mol. The van der Waals surface area contributed by atoms with Crippen molar-refractivity contribution >= 4 is 5.91 Å². The second-order valence-corrected chi connectivity index (χ2v) is 5.94. The van der Waals surface area contributed by atoms with Crippen LogP contribution in [-0.2, 0) is 4.79 Å². The van der Waals surface area contributed by atoms with Gasteiger partial charge < -0.3 is 5.32 Å². The molecule has 1 N–H and O–H groups in total. The lowest BCUT2D eigenvalue weighted by Crippen LogP contribution is -2.27. The second kappa shape index (κ2) is 6.73. The summed E-state index contributed by atoms with van der Waals surface area (Å²) >= 11 is 0. The highest BCUT2D eigenvalue weighted by Gasteiger charge is 2.24. The highest BCUT2D eigenvalue weighted by molar-refractivity contribution is 5.77. The van der Waals surface area contributed by atoms with Gasteiger partial charge in [0.1, 0.15) is 5.82 Å². The Kier molecular flexibility index (Phi) is 4.52. The van der Waals surface area contributed by atoms with Gasteiger partial charge in [0.15, 0.2) is 0 Å². The smallest absolute Gasteiger partial charge is 0.220 e. The zero-order valence-electron chi connectivity index (χ0n) is 12.5. The van der Waals surface area contributed by atoms with Gasteiger partial charge in [0.2, 0.25) is 5.91 Å². The van der Waals surface area contributed by atoms with Crippen molar-refractivity contribution in [2.75, 3.05) is 6.54 Å².